The fraction of sp³-hybridized carbons (Fsp3) is 0.588. The Morgan fingerprint density at radius 2 is 2.14 bits per heavy atom. The standard InChI is InChI=1S/C17H27N5O5S/c1-17(2,3)27-21-16(24)14-12-22(9-7-19-14)28(25,26)10-8-20-15(23)13-5-4-6-18-11-13/h4-6,11,14,19H,7-10,12H2,1-3H3,(H,20,23)(H,21,24)/t14-/m1/s1. The number of carbonyl (C=O) groups excluding carboxylic acids is 2. The van der Waals surface area contributed by atoms with E-state index >= 15 is 0 Å². The van der Waals surface area contributed by atoms with E-state index in [1.165, 1.54) is 10.5 Å². The molecule has 0 unspecified atom stereocenters. The van der Waals surface area contributed by atoms with Crippen LogP contribution in [0.2, 0.25) is 0 Å². The topological polar surface area (TPSA) is 130 Å². The van der Waals surface area contributed by atoms with Crippen LogP contribution in [0.3, 0.4) is 0 Å². The van der Waals surface area contributed by atoms with Crippen LogP contribution in [-0.2, 0) is 19.7 Å². The average molecular weight is 414 g/mol. The summed E-state index contributed by atoms with van der Waals surface area (Å²) < 4.78 is 26.4. The summed E-state index contributed by atoms with van der Waals surface area (Å²) in [4.78, 5) is 33.2. The van der Waals surface area contributed by atoms with Crippen molar-refractivity contribution in [3.05, 3.63) is 30.1 Å². The highest BCUT2D eigenvalue weighted by molar-refractivity contribution is 7.89. The van der Waals surface area contributed by atoms with Gasteiger partial charge in [-0.15, -0.1) is 0 Å². The van der Waals surface area contributed by atoms with Gasteiger partial charge in [-0.1, -0.05) is 0 Å². The van der Waals surface area contributed by atoms with E-state index in [2.05, 4.69) is 21.1 Å². The third kappa shape index (κ3) is 6.82. The summed E-state index contributed by atoms with van der Waals surface area (Å²) in [5.41, 5.74) is 2.16. The van der Waals surface area contributed by atoms with Gasteiger partial charge in [0.2, 0.25) is 10.0 Å². The van der Waals surface area contributed by atoms with Gasteiger partial charge >= 0.3 is 0 Å². The molecule has 156 valence electrons. The maximum Gasteiger partial charge on any atom is 0.262 e. The van der Waals surface area contributed by atoms with Gasteiger partial charge < -0.3 is 10.6 Å². The number of carbonyl (C=O) groups is 2. The van der Waals surface area contributed by atoms with Crippen molar-refractivity contribution in [3.8, 4) is 0 Å². The summed E-state index contributed by atoms with van der Waals surface area (Å²) in [5.74, 6) is -1.08. The number of amides is 2. The van der Waals surface area contributed by atoms with Crippen molar-refractivity contribution in [2.24, 2.45) is 0 Å². The second-order valence-corrected chi connectivity index (χ2v) is 9.45. The number of nitrogens with one attached hydrogen (secondary N) is 3. The maximum atomic E-state index is 12.6. The molecule has 0 saturated carbocycles. The Morgan fingerprint density at radius 1 is 1.39 bits per heavy atom. The molecule has 1 aliphatic heterocycles. The van der Waals surface area contributed by atoms with E-state index in [1.807, 2.05) is 0 Å². The Hall–Kier alpha value is -2.08. The molecule has 3 N–H and O–H groups in total. The zero-order chi connectivity index (χ0) is 20.8. The van der Waals surface area contributed by atoms with E-state index < -0.39 is 27.6 Å². The van der Waals surface area contributed by atoms with Crippen LogP contribution >= 0.6 is 0 Å². The third-order valence-corrected chi connectivity index (χ3v) is 5.71. The average Bonchev–Trinajstić information content (AvgIpc) is 2.66. The van der Waals surface area contributed by atoms with E-state index in [0.29, 0.717) is 12.1 Å². The van der Waals surface area contributed by atoms with Crippen LogP contribution in [0.5, 0.6) is 0 Å². The molecule has 1 aromatic rings. The molecule has 0 bridgehead atoms. The molecule has 10 nitrogen and oxygen atoms in total. The first-order valence-electron chi connectivity index (χ1n) is 8.96. The fourth-order valence-corrected chi connectivity index (χ4v) is 3.81. The van der Waals surface area contributed by atoms with Crippen molar-refractivity contribution in [1.82, 2.24) is 25.4 Å². The molecule has 2 heterocycles. The molecular formula is C17H27N5O5S. The first-order valence-corrected chi connectivity index (χ1v) is 10.6. The number of hydroxylamine groups is 1. The normalized spacial score (nSPS) is 18.5. The van der Waals surface area contributed by atoms with Crippen molar-refractivity contribution in [2.45, 2.75) is 32.4 Å². The molecule has 2 rings (SSSR count). The molecule has 1 fully saturated rings. The van der Waals surface area contributed by atoms with E-state index in [-0.39, 0.29) is 31.3 Å². The van der Waals surface area contributed by atoms with E-state index in [9.17, 15) is 18.0 Å². The maximum absolute atomic E-state index is 12.6. The highest BCUT2D eigenvalue weighted by atomic mass is 32.2. The van der Waals surface area contributed by atoms with Crippen molar-refractivity contribution in [1.29, 1.82) is 0 Å². The minimum Gasteiger partial charge on any atom is -0.351 e. The van der Waals surface area contributed by atoms with E-state index in [0.717, 1.165) is 0 Å². The SMILES string of the molecule is CC(C)(C)ONC(=O)[C@H]1CN(S(=O)(=O)CCNC(=O)c2cccnc2)CCN1. The van der Waals surface area contributed by atoms with Gasteiger partial charge in [0.15, 0.2) is 0 Å². The number of aromatic nitrogens is 1. The minimum atomic E-state index is -3.63. The molecule has 1 aromatic heterocycles. The molecule has 0 aliphatic carbocycles. The van der Waals surface area contributed by atoms with Gasteiger partial charge in [-0.05, 0) is 32.9 Å². The number of hydrogen-bond acceptors (Lipinski definition) is 7. The van der Waals surface area contributed by atoms with Gasteiger partial charge in [-0.3, -0.25) is 19.4 Å². The van der Waals surface area contributed by atoms with Crippen molar-refractivity contribution >= 4 is 21.8 Å². The van der Waals surface area contributed by atoms with Crippen LogP contribution in [0.1, 0.15) is 31.1 Å². The van der Waals surface area contributed by atoms with Crippen molar-refractivity contribution < 1.29 is 22.8 Å². The van der Waals surface area contributed by atoms with Gasteiger partial charge in [0.05, 0.1) is 16.9 Å². The van der Waals surface area contributed by atoms with Gasteiger partial charge in [0.1, 0.15) is 6.04 Å². The highest BCUT2D eigenvalue weighted by Crippen LogP contribution is 2.09. The molecule has 11 heteroatoms. The summed E-state index contributed by atoms with van der Waals surface area (Å²) in [7, 11) is -3.63. The van der Waals surface area contributed by atoms with Crippen LogP contribution in [0.4, 0.5) is 0 Å². The van der Waals surface area contributed by atoms with Crippen LogP contribution in [0.25, 0.3) is 0 Å². The van der Waals surface area contributed by atoms with Gasteiger partial charge in [0.25, 0.3) is 11.8 Å². The smallest absolute Gasteiger partial charge is 0.262 e. The number of sulfonamides is 1. The monoisotopic (exact) mass is 413 g/mol. The lowest BCUT2D eigenvalue weighted by molar-refractivity contribution is -0.148. The summed E-state index contributed by atoms with van der Waals surface area (Å²) >= 11 is 0. The molecule has 0 aromatic carbocycles. The summed E-state index contributed by atoms with van der Waals surface area (Å²) in [5, 5.41) is 5.54. The molecule has 28 heavy (non-hydrogen) atoms. The number of nitrogens with zero attached hydrogens (tertiary/aromatic N) is 2. The summed E-state index contributed by atoms with van der Waals surface area (Å²) in [6, 6.07) is 2.51. The Morgan fingerprint density at radius 3 is 2.79 bits per heavy atom. The molecule has 0 radical (unpaired) electrons. The third-order valence-electron chi connectivity index (χ3n) is 3.88. The number of hydrogen-bond donors (Lipinski definition) is 3. The number of rotatable bonds is 7. The molecular weight excluding hydrogens is 386 g/mol. The quantitative estimate of drug-likeness (QED) is 0.502. The fourth-order valence-electron chi connectivity index (χ4n) is 2.45. The largest absolute Gasteiger partial charge is 0.351 e. The first-order chi connectivity index (χ1) is 13.1. The van der Waals surface area contributed by atoms with Crippen LogP contribution < -0.4 is 16.1 Å². The Bertz CT molecular complexity index is 779. The number of piperazine rings is 1. The Balaban J connectivity index is 1.85. The predicted molar refractivity (Wildman–Crippen MR) is 103 cm³/mol. The molecule has 2 amide bonds. The summed E-state index contributed by atoms with van der Waals surface area (Å²) in [6.45, 7) is 5.92. The zero-order valence-corrected chi connectivity index (χ0v) is 17.1. The molecule has 0 spiro atoms. The second kappa shape index (κ2) is 9.41. The van der Waals surface area contributed by atoms with Gasteiger partial charge in [-0.25, -0.2) is 13.9 Å². The van der Waals surface area contributed by atoms with Crippen molar-refractivity contribution in [2.75, 3.05) is 31.9 Å². The van der Waals surface area contributed by atoms with Crippen LogP contribution in [0.15, 0.2) is 24.5 Å². The first kappa shape index (κ1) is 22.2. The second-order valence-electron chi connectivity index (χ2n) is 7.36. The highest BCUT2D eigenvalue weighted by Gasteiger charge is 2.32. The van der Waals surface area contributed by atoms with Gasteiger partial charge in [-0.2, -0.15) is 4.31 Å². The van der Waals surface area contributed by atoms with Crippen molar-refractivity contribution in [3.63, 3.8) is 0 Å². The lowest BCUT2D eigenvalue weighted by Crippen LogP contribution is -2.59. The molecule has 1 saturated heterocycles. The van der Waals surface area contributed by atoms with Crippen LogP contribution in [-0.4, -0.2) is 73.1 Å². The summed E-state index contributed by atoms with van der Waals surface area (Å²) in [6.07, 6.45) is 2.95. The lowest BCUT2D eigenvalue weighted by atomic mass is 10.2. The lowest BCUT2D eigenvalue weighted by Gasteiger charge is -2.32. The predicted octanol–water partition coefficient (Wildman–Crippen LogP) is -0.739. The molecule has 1 aliphatic rings. The number of pyridine rings is 1. The molecule has 1 atom stereocenters. The van der Waals surface area contributed by atoms with Crippen LogP contribution in [0, 0.1) is 0 Å². The minimum absolute atomic E-state index is 0.00176. The van der Waals surface area contributed by atoms with Gasteiger partial charge in [0, 0.05) is 38.6 Å². The Labute approximate surface area is 165 Å². The van der Waals surface area contributed by atoms with E-state index in [4.69, 9.17) is 4.84 Å². The zero-order valence-electron chi connectivity index (χ0n) is 16.3. The Kier molecular flexibility index (Phi) is 7.47. The van der Waals surface area contributed by atoms with E-state index in [1.54, 1.807) is 39.1 Å².